The Kier molecular flexibility index (Phi) is 6.81. The molecule has 0 N–H and O–H groups in total. The fourth-order valence-corrected chi connectivity index (χ4v) is 5.47. The zero-order chi connectivity index (χ0) is 27.7. The highest BCUT2D eigenvalue weighted by Gasteiger charge is 2.43. The third-order valence-corrected chi connectivity index (χ3v) is 7.59. The normalized spacial score (nSPS) is 14.8. The largest absolute Gasteiger partial charge is 0.497 e. The number of rotatable bonds is 7. The van der Waals surface area contributed by atoms with Crippen LogP contribution in [0.25, 0.3) is 27.7 Å². The zero-order valence-electron chi connectivity index (χ0n) is 22.2. The lowest BCUT2D eigenvalue weighted by atomic mass is 9.74. The van der Waals surface area contributed by atoms with Gasteiger partial charge in [0.2, 0.25) is 0 Å². The Bertz CT molecular complexity index is 1710. The summed E-state index contributed by atoms with van der Waals surface area (Å²) >= 11 is 0. The van der Waals surface area contributed by atoms with Crippen LogP contribution < -0.4 is 9.47 Å². The summed E-state index contributed by atoms with van der Waals surface area (Å²) in [6, 6.07) is 20.4. The number of halogens is 1. The average molecular weight is 542 g/mol. The molecule has 1 aliphatic heterocycles. The SMILES string of the molecule is COC(=O)C1(c2cc(F)cc(OCc3ccc4c(-c5cccc(OC)c5)cc5nncn5c4c3)c2)CCOCC1. The van der Waals surface area contributed by atoms with E-state index in [9.17, 15) is 9.18 Å². The van der Waals surface area contributed by atoms with Gasteiger partial charge in [0.25, 0.3) is 0 Å². The van der Waals surface area contributed by atoms with E-state index in [-0.39, 0.29) is 6.61 Å². The number of carbonyl (C=O) groups is 1. The van der Waals surface area contributed by atoms with Crippen LogP contribution >= 0.6 is 0 Å². The van der Waals surface area contributed by atoms with E-state index in [0.717, 1.165) is 33.3 Å². The number of ether oxygens (including phenoxy) is 4. The van der Waals surface area contributed by atoms with Crippen LogP contribution in [-0.4, -0.2) is 48.0 Å². The number of carbonyl (C=O) groups excluding carboxylic acids is 1. The standard InChI is InChI=1S/C31H28FN3O5/c1-37-24-5-3-4-21(13-24)27-17-29-34-33-19-35(29)28-12-20(6-7-26(27)28)18-40-25-15-22(14-23(32)16-25)31(30(36)38-2)8-10-39-11-9-31/h3-7,12-17,19H,8-11,18H2,1-2H3. The molecule has 0 aliphatic carbocycles. The lowest BCUT2D eigenvalue weighted by Crippen LogP contribution is -2.42. The maximum Gasteiger partial charge on any atom is 0.316 e. The van der Waals surface area contributed by atoms with Crippen LogP contribution in [0.1, 0.15) is 24.0 Å². The molecule has 1 fully saturated rings. The summed E-state index contributed by atoms with van der Waals surface area (Å²) in [6.45, 7) is 0.989. The van der Waals surface area contributed by atoms with Crippen molar-refractivity contribution in [2.24, 2.45) is 0 Å². The van der Waals surface area contributed by atoms with E-state index >= 15 is 0 Å². The molecule has 204 valence electrons. The van der Waals surface area contributed by atoms with Gasteiger partial charge in [0.1, 0.15) is 30.3 Å². The predicted octanol–water partition coefficient (Wildman–Crippen LogP) is 5.50. The van der Waals surface area contributed by atoms with Crippen LogP contribution in [-0.2, 0) is 26.3 Å². The molecule has 6 rings (SSSR count). The highest BCUT2D eigenvalue weighted by Crippen LogP contribution is 2.38. The lowest BCUT2D eigenvalue weighted by molar-refractivity contribution is -0.151. The summed E-state index contributed by atoms with van der Waals surface area (Å²) in [7, 11) is 2.99. The smallest absolute Gasteiger partial charge is 0.316 e. The van der Waals surface area contributed by atoms with Gasteiger partial charge in [-0.05, 0) is 71.5 Å². The van der Waals surface area contributed by atoms with Crippen LogP contribution in [0.15, 0.2) is 73.1 Å². The highest BCUT2D eigenvalue weighted by atomic mass is 19.1. The molecule has 3 heterocycles. The Morgan fingerprint density at radius 1 is 1.02 bits per heavy atom. The maximum atomic E-state index is 14.8. The third kappa shape index (κ3) is 4.62. The molecule has 9 heteroatoms. The first-order valence-corrected chi connectivity index (χ1v) is 13.0. The van der Waals surface area contributed by atoms with Crippen molar-refractivity contribution >= 4 is 22.5 Å². The molecule has 2 aromatic heterocycles. The van der Waals surface area contributed by atoms with Gasteiger partial charge >= 0.3 is 5.97 Å². The van der Waals surface area contributed by atoms with Gasteiger partial charge in [0.15, 0.2) is 5.65 Å². The van der Waals surface area contributed by atoms with Gasteiger partial charge in [-0.25, -0.2) is 4.39 Å². The van der Waals surface area contributed by atoms with Gasteiger partial charge < -0.3 is 18.9 Å². The van der Waals surface area contributed by atoms with Crippen LogP contribution in [0.4, 0.5) is 4.39 Å². The van der Waals surface area contributed by atoms with Crippen molar-refractivity contribution in [3.05, 3.63) is 90.0 Å². The zero-order valence-corrected chi connectivity index (χ0v) is 22.2. The second-order valence-corrected chi connectivity index (χ2v) is 9.85. The number of esters is 1. The molecule has 1 aliphatic rings. The summed E-state index contributed by atoms with van der Waals surface area (Å²) in [5.74, 6) is 0.229. The van der Waals surface area contributed by atoms with Crippen LogP contribution in [0.3, 0.4) is 0 Å². The summed E-state index contributed by atoms with van der Waals surface area (Å²) < 4.78 is 38.8. The van der Waals surface area contributed by atoms with E-state index in [1.54, 1.807) is 19.5 Å². The number of nitrogens with zero attached hydrogens (tertiary/aromatic N) is 3. The summed E-state index contributed by atoms with van der Waals surface area (Å²) in [6.07, 6.45) is 2.51. The van der Waals surface area contributed by atoms with Crippen molar-refractivity contribution in [2.75, 3.05) is 27.4 Å². The quantitative estimate of drug-likeness (QED) is 0.252. The summed E-state index contributed by atoms with van der Waals surface area (Å²) in [5, 5.41) is 9.39. The maximum absolute atomic E-state index is 14.8. The Hall–Kier alpha value is -4.50. The second-order valence-electron chi connectivity index (χ2n) is 9.85. The third-order valence-electron chi connectivity index (χ3n) is 7.59. The van der Waals surface area contributed by atoms with Crippen LogP contribution in [0, 0.1) is 5.82 Å². The molecule has 0 amide bonds. The van der Waals surface area contributed by atoms with Gasteiger partial charge in [-0.15, -0.1) is 10.2 Å². The highest BCUT2D eigenvalue weighted by molar-refractivity contribution is 5.97. The van der Waals surface area contributed by atoms with E-state index in [1.165, 1.54) is 19.2 Å². The average Bonchev–Trinajstić information content (AvgIpc) is 3.48. The Balaban J connectivity index is 1.34. The molecule has 3 aromatic carbocycles. The van der Waals surface area contributed by atoms with Crippen molar-refractivity contribution in [3.63, 3.8) is 0 Å². The number of fused-ring (bicyclic) bond motifs is 3. The number of methoxy groups -OCH3 is 2. The molecule has 40 heavy (non-hydrogen) atoms. The molecular formula is C31H28FN3O5. The monoisotopic (exact) mass is 541 g/mol. The van der Waals surface area contributed by atoms with Gasteiger partial charge in [0, 0.05) is 24.7 Å². The van der Waals surface area contributed by atoms with Crippen molar-refractivity contribution in [1.29, 1.82) is 0 Å². The molecule has 0 bridgehead atoms. The topological polar surface area (TPSA) is 84.2 Å². The number of aromatic nitrogens is 3. The molecular weight excluding hydrogens is 513 g/mol. The first-order valence-electron chi connectivity index (χ1n) is 13.0. The van der Waals surface area contributed by atoms with E-state index in [1.807, 2.05) is 52.9 Å². The lowest BCUT2D eigenvalue weighted by Gasteiger charge is -2.35. The summed E-state index contributed by atoms with van der Waals surface area (Å²) in [4.78, 5) is 12.8. The molecule has 1 saturated heterocycles. The number of hydrogen-bond donors (Lipinski definition) is 0. The number of pyridine rings is 1. The second kappa shape index (κ2) is 10.6. The first kappa shape index (κ1) is 25.8. The van der Waals surface area contributed by atoms with Crippen LogP contribution in [0.5, 0.6) is 11.5 Å². The minimum absolute atomic E-state index is 0.195. The van der Waals surface area contributed by atoms with Gasteiger partial charge in [0.05, 0.1) is 25.2 Å². The first-order chi connectivity index (χ1) is 19.5. The predicted molar refractivity (Wildman–Crippen MR) is 147 cm³/mol. The Morgan fingerprint density at radius 3 is 2.67 bits per heavy atom. The van der Waals surface area contributed by atoms with E-state index in [2.05, 4.69) is 10.2 Å². The van der Waals surface area contributed by atoms with E-state index < -0.39 is 17.2 Å². The van der Waals surface area contributed by atoms with E-state index in [0.29, 0.717) is 43.0 Å². The van der Waals surface area contributed by atoms with Crippen LogP contribution in [0.2, 0.25) is 0 Å². The molecule has 0 spiro atoms. The minimum Gasteiger partial charge on any atom is -0.497 e. The molecule has 8 nitrogen and oxygen atoms in total. The van der Waals surface area contributed by atoms with E-state index in [4.69, 9.17) is 18.9 Å². The number of hydrogen-bond acceptors (Lipinski definition) is 7. The van der Waals surface area contributed by atoms with Crippen molar-refractivity contribution in [3.8, 4) is 22.6 Å². The molecule has 0 unspecified atom stereocenters. The number of benzene rings is 3. The fraction of sp³-hybridized carbons (Fsp3) is 0.258. The Labute approximate surface area is 230 Å². The molecule has 0 saturated carbocycles. The van der Waals surface area contributed by atoms with Crippen molar-refractivity contribution in [1.82, 2.24) is 14.6 Å². The van der Waals surface area contributed by atoms with Gasteiger partial charge in [-0.3, -0.25) is 9.20 Å². The van der Waals surface area contributed by atoms with Gasteiger partial charge in [-0.2, -0.15) is 0 Å². The molecule has 0 radical (unpaired) electrons. The minimum atomic E-state index is -0.966. The van der Waals surface area contributed by atoms with Crippen molar-refractivity contribution < 1.29 is 28.1 Å². The summed E-state index contributed by atoms with van der Waals surface area (Å²) in [5.41, 5.74) is 4.07. The van der Waals surface area contributed by atoms with Crippen molar-refractivity contribution in [2.45, 2.75) is 24.9 Å². The molecule has 0 atom stereocenters. The Morgan fingerprint density at radius 2 is 1.88 bits per heavy atom. The molecule has 5 aromatic rings. The van der Waals surface area contributed by atoms with Gasteiger partial charge in [-0.1, -0.05) is 24.3 Å². The fourth-order valence-electron chi connectivity index (χ4n) is 5.47.